The highest BCUT2D eigenvalue weighted by molar-refractivity contribution is 5.79. The number of nitrogens with zero attached hydrogens (tertiary/aromatic N) is 2. The summed E-state index contributed by atoms with van der Waals surface area (Å²) in [6, 6.07) is 28.3. The predicted molar refractivity (Wildman–Crippen MR) is 130 cm³/mol. The molecule has 174 valence electrons. The summed E-state index contributed by atoms with van der Waals surface area (Å²) in [4.78, 5) is 4.52. The first kappa shape index (κ1) is 22.4. The Labute approximate surface area is 200 Å². The Morgan fingerprint density at radius 1 is 0.714 bits per heavy atom. The minimum absolute atomic E-state index is 0.377. The maximum atomic E-state index is 13.1. The number of pyridine rings is 1. The zero-order chi connectivity index (χ0) is 24.4. The van der Waals surface area contributed by atoms with Crippen LogP contribution in [-0.4, -0.2) is 10.1 Å². The van der Waals surface area contributed by atoms with Gasteiger partial charge in [-0.25, -0.2) is 4.98 Å². The van der Waals surface area contributed by atoms with Crippen molar-refractivity contribution in [3.05, 3.63) is 108 Å². The molecular formula is C28H20F3N3O. The van der Waals surface area contributed by atoms with E-state index in [2.05, 4.69) is 15.5 Å². The Balaban J connectivity index is 1.43. The van der Waals surface area contributed by atoms with E-state index < -0.39 is 11.7 Å². The maximum absolute atomic E-state index is 13.1. The SMILES string of the molecule is Cc1noc(-c2ccc(-c3ccccc3)cc2)c1Nc1cccc(-c2cccc(C(F)(F)F)c2)n1. The van der Waals surface area contributed by atoms with E-state index in [1.807, 2.05) is 61.5 Å². The molecule has 0 saturated heterocycles. The van der Waals surface area contributed by atoms with Crippen LogP contribution in [0.25, 0.3) is 33.7 Å². The number of alkyl halides is 3. The summed E-state index contributed by atoms with van der Waals surface area (Å²) in [7, 11) is 0. The fraction of sp³-hybridized carbons (Fsp3) is 0.0714. The third kappa shape index (κ3) is 4.80. The summed E-state index contributed by atoms with van der Waals surface area (Å²) in [5.74, 6) is 1.02. The van der Waals surface area contributed by atoms with Crippen LogP contribution in [0.3, 0.4) is 0 Å². The van der Waals surface area contributed by atoms with Crippen molar-refractivity contribution in [3.63, 3.8) is 0 Å². The van der Waals surface area contributed by atoms with Gasteiger partial charge in [-0.1, -0.05) is 78.0 Å². The maximum Gasteiger partial charge on any atom is 0.416 e. The third-order valence-corrected chi connectivity index (χ3v) is 5.60. The summed E-state index contributed by atoms with van der Waals surface area (Å²) < 4.78 is 45.0. The van der Waals surface area contributed by atoms with Crippen molar-refractivity contribution in [2.24, 2.45) is 0 Å². The molecule has 3 aromatic carbocycles. The molecule has 7 heteroatoms. The predicted octanol–water partition coefficient (Wildman–Crippen LogP) is 8.14. The number of rotatable bonds is 5. The van der Waals surface area contributed by atoms with Crippen molar-refractivity contribution in [2.75, 3.05) is 5.32 Å². The Morgan fingerprint density at radius 2 is 1.37 bits per heavy atom. The smallest absolute Gasteiger partial charge is 0.354 e. The van der Waals surface area contributed by atoms with E-state index in [0.29, 0.717) is 34.2 Å². The van der Waals surface area contributed by atoms with E-state index in [1.165, 1.54) is 6.07 Å². The van der Waals surface area contributed by atoms with E-state index in [0.717, 1.165) is 28.8 Å². The average molecular weight is 471 g/mol. The lowest BCUT2D eigenvalue weighted by atomic mass is 10.0. The van der Waals surface area contributed by atoms with Crippen LogP contribution in [0.5, 0.6) is 0 Å². The molecule has 0 aliphatic rings. The summed E-state index contributed by atoms with van der Waals surface area (Å²) in [5, 5.41) is 7.33. The highest BCUT2D eigenvalue weighted by Gasteiger charge is 2.30. The van der Waals surface area contributed by atoms with Crippen LogP contribution >= 0.6 is 0 Å². The van der Waals surface area contributed by atoms with Gasteiger partial charge < -0.3 is 9.84 Å². The van der Waals surface area contributed by atoms with Crippen LogP contribution in [0.2, 0.25) is 0 Å². The Hall–Kier alpha value is -4.39. The van der Waals surface area contributed by atoms with Gasteiger partial charge >= 0.3 is 6.18 Å². The van der Waals surface area contributed by atoms with Crippen molar-refractivity contribution in [1.29, 1.82) is 0 Å². The van der Waals surface area contributed by atoms with Crippen molar-refractivity contribution < 1.29 is 17.7 Å². The van der Waals surface area contributed by atoms with Crippen LogP contribution in [0.1, 0.15) is 11.3 Å². The highest BCUT2D eigenvalue weighted by Crippen LogP contribution is 2.35. The van der Waals surface area contributed by atoms with Gasteiger partial charge in [0.25, 0.3) is 0 Å². The molecule has 0 radical (unpaired) electrons. The molecule has 0 bridgehead atoms. The van der Waals surface area contributed by atoms with Crippen molar-refractivity contribution in [2.45, 2.75) is 13.1 Å². The minimum atomic E-state index is -4.42. The van der Waals surface area contributed by atoms with Gasteiger partial charge in [0.15, 0.2) is 5.76 Å². The number of halogens is 3. The second-order valence-corrected chi connectivity index (χ2v) is 8.03. The molecular weight excluding hydrogens is 451 g/mol. The highest BCUT2D eigenvalue weighted by atomic mass is 19.4. The van der Waals surface area contributed by atoms with Crippen LogP contribution < -0.4 is 5.32 Å². The number of aromatic nitrogens is 2. The van der Waals surface area contributed by atoms with E-state index in [-0.39, 0.29) is 0 Å². The van der Waals surface area contributed by atoms with Crippen molar-refractivity contribution >= 4 is 11.5 Å². The van der Waals surface area contributed by atoms with Gasteiger partial charge in [0.1, 0.15) is 17.2 Å². The summed E-state index contributed by atoms with van der Waals surface area (Å²) in [5.41, 5.74) is 4.39. The molecule has 5 rings (SSSR count). The quantitative estimate of drug-likeness (QED) is 0.281. The Kier molecular flexibility index (Phi) is 5.82. The molecule has 0 aliphatic carbocycles. The molecule has 0 fully saturated rings. The lowest BCUT2D eigenvalue weighted by Crippen LogP contribution is -2.04. The van der Waals surface area contributed by atoms with Crippen molar-refractivity contribution in [3.8, 4) is 33.7 Å². The summed E-state index contributed by atoms with van der Waals surface area (Å²) in [6.45, 7) is 1.81. The molecule has 5 aromatic rings. The number of anilines is 2. The van der Waals surface area contributed by atoms with E-state index in [4.69, 9.17) is 4.52 Å². The van der Waals surface area contributed by atoms with Gasteiger partial charge in [0, 0.05) is 11.1 Å². The van der Waals surface area contributed by atoms with Gasteiger partial charge in [-0.05, 0) is 42.3 Å². The molecule has 2 aromatic heterocycles. The molecule has 0 saturated carbocycles. The monoisotopic (exact) mass is 471 g/mol. The number of nitrogens with one attached hydrogen (secondary N) is 1. The normalized spacial score (nSPS) is 11.4. The number of hydrogen-bond acceptors (Lipinski definition) is 4. The molecule has 2 heterocycles. The lowest BCUT2D eigenvalue weighted by Gasteiger charge is -2.11. The van der Waals surface area contributed by atoms with E-state index in [1.54, 1.807) is 24.3 Å². The first-order valence-corrected chi connectivity index (χ1v) is 10.9. The molecule has 1 N–H and O–H groups in total. The largest absolute Gasteiger partial charge is 0.416 e. The van der Waals surface area contributed by atoms with Gasteiger partial charge in [-0.15, -0.1) is 0 Å². The van der Waals surface area contributed by atoms with Crippen LogP contribution in [-0.2, 0) is 6.18 Å². The van der Waals surface area contributed by atoms with E-state index >= 15 is 0 Å². The number of benzene rings is 3. The van der Waals surface area contributed by atoms with Crippen molar-refractivity contribution in [1.82, 2.24) is 10.1 Å². The zero-order valence-corrected chi connectivity index (χ0v) is 18.7. The molecule has 4 nitrogen and oxygen atoms in total. The first-order chi connectivity index (χ1) is 16.9. The second kappa shape index (κ2) is 9.10. The van der Waals surface area contributed by atoms with Crippen LogP contribution in [0.4, 0.5) is 24.7 Å². The number of aryl methyl sites for hydroxylation is 1. The molecule has 35 heavy (non-hydrogen) atoms. The van der Waals surface area contributed by atoms with E-state index in [9.17, 15) is 13.2 Å². The lowest BCUT2D eigenvalue weighted by molar-refractivity contribution is -0.137. The molecule has 0 unspecified atom stereocenters. The van der Waals surface area contributed by atoms with Gasteiger partial charge in [0.05, 0.1) is 11.3 Å². The fourth-order valence-corrected chi connectivity index (χ4v) is 3.81. The fourth-order valence-electron chi connectivity index (χ4n) is 3.81. The van der Waals surface area contributed by atoms with Crippen LogP contribution in [0, 0.1) is 6.92 Å². The minimum Gasteiger partial charge on any atom is -0.354 e. The number of hydrogen-bond donors (Lipinski definition) is 1. The average Bonchev–Trinajstić information content (AvgIpc) is 3.24. The second-order valence-electron chi connectivity index (χ2n) is 8.03. The van der Waals surface area contributed by atoms with Gasteiger partial charge in [-0.3, -0.25) is 0 Å². The molecule has 0 amide bonds. The van der Waals surface area contributed by atoms with Crippen LogP contribution in [0.15, 0.2) is 102 Å². The first-order valence-electron chi connectivity index (χ1n) is 10.9. The third-order valence-electron chi connectivity index (χ3n) is 5.60. The topological polar surface area (TPSA) is 51.0 Å². The molecule has 0 atom stereocenters. The summed E-state index contributed by atoms with van der Waals surface area (Å²) in [6.07, 6.45) is -4.42. The zero-order valence-electron chi connectivity index (χ0n) is 18.7. The van der Waals surface area contributed by atoms with Gasteiger partial charge in [0.2, 0.25) is 0 Å². The summed E-state index contributed by atoms with van der Waals surface area (Å²) >= 11 is 0. The molecule has 0 spiro atoms. The Bertz CT molecular complexity index is 1460. The standard InChI is InChI=1S/C28H20F3N3O/c1-18-26(27(35-34-18)21-15-13-20(14-16-21)19-7-3-2-4-8-19)33-25-12-6-11-24(32-25)22-9-5-10-23(17-22)28(29,30)31/h2-17H,1H3,(H,32,33). The van der Waals surface area contributed by atoms with Gasteiger partial charge in [-0.2, -0.15) is 13.2 Å². The molecule has 0 aliphatic heterocycles. The Morgan fingerprint density at radius 3 is 2.11 bits per heavy atom.